The number of likely N-dealkylation sites (N-methyl/N-ethyl adjacent to an activating group) is 1. The molecule has 0 bridgehead atoms. The Bertz CT molecular complexity index is 220. The summed E-state index contributed by atoms with van der Waals surface area (Å²) in [4.78, 5) is 23.2. The highest BCUT2D eigenvalue weighted by molar-refractivity contribution is 5.82. The number of rotatable bonds is 7. The van der Waals surface area contributed by atoms with E-state index in [0.717, 1.165) is 6.42 Å². The fourth-order valence-corrected chi connectivity index (χ4v) is 1.11. The second-order valence-electron chi connectivity index (χ2n) is 3.30. The molecule has 0 saturated carbocycles. The molecule has 15 heavy (non-hydrogen) atoms. The van der Waals surface area contributed by atoms with Crippen molar-refractivity contribution in [2.75, 3.05) is 26.7 Å². The molecule has 0 heterocycles. The molecule has 0 unspecified atom stereocenters. The Morgan fingerprint density at radius 2 is 2.07 bits per heavy atom. The fourth-order valence-electron chi connectivity index (χ4n) is 1.11. The molecule has 0 fully saturated rings. The minimum Gasteiger partial charge on any atom is -0.480 e. The summed E-state index contributed by atoms with van der Waals surface area (Å²) in [6.07, 6.45) is 0.798. The molecule has 0 saturated heterocycles. The minimum absolute atomic E-state index is 0.273. The third kappa shape index (κ3) is 5.34. The van der Waals surface area contributed by atoms with Gasteiger partial charge in [-0.15, -0.1) is 0 Å². The molecule has 0 aliphatic carbocycles. The van der Waals surface area contributed by atoms with Gasteiger partial charge in [0.15, 0.2) is 0 Å². The van der Waals surface area contributed by atoms with Crippen molar-refractivity contribution in [3.8, 4) is 0 Å². The molecule has 0 aromatic carbocycles. The van der Waals surface area contributed by atoms with E-state index in [1.807, 2.05) is 6.92 Å². The zero-order chi connectivity index (χ0) is 11.8. The Kier molecular flexibility index (Phi) is 6.64. The van der Waals surface area contributed by atoms with E-state index in [0.29, 0.717) is 6.54 Å². The Labute approximate surface area is 88.9 Å². The Balaban J connectivity index is 4.20. The van der Waals surface area contributed by atoms with Crippen molar-refractivity contribution in [2.24, 2.45) is 0 Å². The lowest BCUT2D eigenvalue weighted by Crippen LogP contribution is -2.49. The number of carbonyl (C=O) groups is 2. The number of amides is 1. The first-order valence-corrected chi connectivity index (χ1v) is 4.83. The maximum atomic E-state index is 11.5. The van der Waals surface area contributed by atoms with Gasteiger partial charge in [-0.2, -0.15) is 0 Å². The summed E-state index contributed by atoms with van der Waals surface area (Å²) >= 11 is 0. The van der Waals surface area contributed by atoms with Crippen molar-refractivity contribution in [3.63, 3.8) is 0 Å². The Morgan fingerprint density at radius 3 is 2.47 bits per heavy atom. The van der Waals surface area contributed by atoms with Crippen molar-refractivity contribution in [1.29, 1.82) is 0 Å². The first-order chi connectivity index (χ1) is 7.02. The number of nitrogens with one attached hydrogen (secondary N) is 1. The van der Waals surface area contributed by atoms with Crippen molar-refractivity contribution < 1.29 is 19.8 Å². The van der Waals surface area contributed by atoms with E-state index in [-0.39, 0.29) is 19.1 Å². The van der Waals surface area contributed by atoms with Crippen molar-refractivity contribution in [1.82, 2.24) is 10.2 Å². The molecule has 3 N–H and O–H groups in total. The first kappa shape index (κ1) is 13.9. The quantitative estimate of drug-likeness (QED) is 0.504. The molecule has 6 heteroatoms. The van der Waals surface area contributed by atoms with Gasteiger partial charge in [-0.3, -0.25) is 14.5 Å². The number of aliphatic carboxylic acids is 1. The highest BCUT2D eigenvalue weighted by Crippen LogP contribution is 1.95. The second-order valence-corrected chi connectivity index (χ2v) is 3.30. The molecule has 0 aliphatic heterocycles. The Hall–Kier alpha value is -1.14. The summed E-state index contributed by atoms with van der Waals surface area (Å²) in [7, 11) is 1.49. The number of carboxylic acid groups (broad SMARTS) is 1. The maximum absolute atomic E-state index is 11.5. The normalized spacial score (nSPS) is 12.5. The van der Waals surface area contributed by atoms with Crippen LogP contribution in [0.4, 0.5) is 0 Å². The molecular formula is C9H18N2O4. The summed E-state index contributed by atoms with van der Waals surface area (Å²) < 4.78 is 0. The zero-order valence-corrected chi connectivity index (χ0v) is 9.06. The van der Waals surface area contributed by atoms with E-state index in [2.05, 4.69) is 5.32 Å². The van der Waals surface area contributed by atoms with Crippen LogP contribution >= 0.6 is 0 Å². The van der Waals surface area contributed by atoms with Crippen LogP contribution < -0.4 is 5.32 Å². The molecule has 0 aliphatic rings. The van der Waals surface area contributed by atoms with Crippen LogP contribution in [0.3, 0.4) is 0 Å². The van der Waals surface area contributed by atoms with Crippen LogP contribution in [-0.4, -0.2) is 59.8 Å². The molecular weight excluding hydrogens is 200 g/mol. The van der Waals surface area contributed by atoms with Gasteiger partial charge in [0, 0.05) is 6.54 Å². The average molecular weight is 218 g/mol. The monoisotopic (exact) mass is 218 g/mol. The SMILES string of the molecule is CCCNC(=O)[C@H](CO)N(C)CC(=O)O. The van der Waals surface area contributed by atoms with Crippen molar-refractivity contribution in [3.05, 3.63) is 0 Å². The highest BCUT2D eigenvalue weighted by atomic mass is 16.4. The lowest BCUT2D eigenvalue weighted by atomic mass is 10.2. The van der Waals surface area contributed by atoms with Crippen LogP contribution in [-0.2, 0) is 9.59 Å². The van der Waals surface area contributed by atoms with Gasteiger partial charge in [-0.05, 0) is 13.5 Å². The van der Waals surface area contributed by atoms with Crippen LogP contribution in [0.2, 0.25) is 0 Å². The lowest BCUT2D eigenvalue weighted by Gasteiger charge is -2.23. The average Bonchev–Trinajstić information content (AvgIpc) is 2.14. The molecule has 0 radical (unpaired) electrons. The maximum Gasteiger partial charge on any atom is 0.317 e. The second kappa shape index (κ2) is 7.19. The van der Waals surface area contributed by atoms with Gasteiger partial charge in [-0.1, -0.05) is 6.92 Å². The van der Waals surface area contributed by atoms with Gasteiger partial charge in [0.2, 0.25) is 5.91 Å². The molecule has 0 spiro atoms. The number of carbonyl (C=O) groups excluding carboxylic acids is 1. The van der Waals surface area contributed by atoms with Crippen LogP contribution in [0.15, 0.2) is 0 Å². The number of aliphatic hydroxyl groups excluding tert-OH is 1. The summed E-state index contributed by atoms with van der Waals surface area (Å²) in [5.41, 5.74) is 0. The summed E-state index contributed by atoms with van der Waals surface area (Å²) in [5.74, 6) is -1.37. The van der Waals surface area contributed by atoms with E-state index in [1.54, 1.807) is 0 Å². The van der Waals surface area contributed by atoms with Crippen molar-refractivity contribution in [2.45, 2.75) is 19.4 Å². The molecule has 1 amide bonds. The van der Waals surface area contributed by atoms with Gasteiger partial charge in [0.05, 0.1) is 13.2 Å². The molecule has 0 rings (SSSR count). The number of hydrogen-bond acceptors (Lipinski definition) is 4. The van der Waals surface area contributed by atoms with E-state index < -0.39 is 12.0 Å². The third-order valence-corrected chi connectivity index (χ3v) is 1.94. The van der Waals surface area contributed by atoms with E-state index in [9.17, 15) is 9.59 Å². The first-order valence-electron chi connectivity index (χ1n) is 4.83. The topological polar surface area (TPSA) is 89.9 Å². The van der Waals surface area contributed by atoms with Gasteiger partial charge in [0.1, 0.15) is 6.04 Å². The number of nitrogens with zero attached hydrogens (tertiary/aromatic N) is 1. The number of aliphatic hydroxyl groups is 1. The van der Waals surface area contributed by atoms with E-state index in [4.69, 9.17) is 10.2 Å². The summed E-state index contributed by atoms with van der Waals surface area (Å²) in [6.45, 7) is 1.77. The zero-order valence-electron chi connectivity index (χ0n) is 9.06. The largest absolute Gasteiger partial charge is 0.480 e. The molecule has 88 valence electrons. The van der Waals surface area contributed by atoms with Gasteiger partial charge >= 0.3 is 5.97 Å². The smallest absolute Gasteiger partial charge is 0.317 e. The standard InChI is InChI=1S/C9H18N2O4/c1-3-4-10-9(15)7(6-12)11(2)5-8(13)14/h7,12H,3-6H2,1-2H3,(H,10,15)(H,13,14)/t7-/m0/s1. The molecule has 6 nitrogen and oxygen atoms in total. The lowest BCUT2D eigenvalue weighted by molar-refractivity contribution is -0.139. The van der Waals surface area contributed by atoms with Gasteiger partial charge in [-0.25, -0.2) is 0 Å². The van der Waals surface area contributed by atoms with Crippen LogP contribution in [0.1, 0.15) is 13.3 Å². The third-order valence-electron chi connectivity index (χ3n) is 1.94. The molecule has 0 aromatic rings. The summed E-state index contributed by atoms with van der Waals surface area (Å²) in [5, 5.41) is 20.1. The van der Waals surface area contributed by atoms with E-state index >= 15 is 0 Å². The number of hydrogen-bond donors (Lipinski definition) is 3. The predicted molar refractivity (Wildman–Crippen MR) is 54.4 cm³/mol. The Morgan fingerprint density at radius 1 is 1.47 bits per heavy atom. The van der Waals surface area contributed by atoms with E-state index in [1.165, 1.54) is 11.9 Å². The van der Waals surface area contributed by atoms with Gasteiger partial charge < -0.3 is 15.5 Å². The van der Waals surface area contributed by atoms with Gasteiger partial charge in [0.25, 0.3) is 0 Å². The van der Waals surface area contributed by atoms with Crippen molar-refractivity contribution >= 4 is 11.9 Å². The van der Waals surface area contributed by atoms with Crippen LogP contribution in [0.25, 0.3) is 0 Å². The predicted octanol–water partition coefficient (Wildman–Crippen LogP) is -1.11. The minimum atomic E-state index is -1.03. The van der Waals surface area contributed by atoms with Crippen LogP contribution in [0, 0.1) is 0 Å². The summed E-state index contributed by atoms with van der Waals surface area (Å²) in [6, 6.07) is -0.798. The highest BCUT2D eigenvalue weighted by Gasteiger charge is 2.23. The van der Waals surface area contributed by atoms with Crippen LogP contribution in [0.5, 0.6) is 0 Å². The fraction of sp³-hybridized carbons (Fsp3) is 0.778. The molecule has 1 atom stereocenters. The number of carboxylic acids is 1. The molecule has 0 aromatic heterocycles.